The van der Waals surface area contributed by atoms with Crippen molar-refractivity contribution < 1.29 is 23.8 Å². The number of carbonyl (C=O) groups is 2. The summed E-state index contributed by atoms with van der Waals surface area (Å²) in [5.41, 5.74) is -0.506. The predicted molar refractivity (Wildman–Crippen MR) is 131 cm³/mol. The molecule has 0 unspecified atom stereocenters. The minimum atomic E-state index is -0.506. The quantitative estimate of drug-likeness (QED) is 0.147. The highest BCUT2D eigenvalue weighted by Crippen LogP contribution is 2.13. The molecule has 0 fully saturated rings. The monoisotopic (exact) mass is 457 g/mol. The maximum Gasteiger partial charge on any atom is 0.410 e. The zero-order chi connectivity index (χ0) is 24.1. The van der Waals surface area contributed by atoms with Gasteiger partial charge in [0, 0.05) is 20.0 Å². The van der Waals surface area contributed by atoms with Crippen LogP contribution >= 0.6 is 0 Å². The molecule has 0 spiro atoms. The Bertz CT molecular complexity index is 462. The highest BCUT2D eigenvalue weighted by atomic mass is 16.6. The van der Waals surface area contributed by atoms with Crippen LogP contribution in [0.2, 0.25) is 0 Å². The molecular weight excluding hydrogens is 406 g/mol. The second-order valence-corrected chi connectivity index (χ2v) is 9.73. The molecule has 0 radical (unpaired) electrons. The van der Waals surface area contributed by atoms with E-state index < -0.39 is 5.60 Å². The van der Waals surface area contributed by atoms with E-state index >= 15 is 0 Å². The summed E-state index contributed by atoms with van der Waals surface area (Å²) >= 11 is 0. The zero-order valence-electron chi connectivity index (χ0n) is 21.7. The summed E-state index contributed by atoms with van der Waals surface area (Å²) < 4.78 is 15.9. The lowest BCUT2D eigenvalue weighted by atomic mass is 10.0. The summed E-state index contributed by atoms with van der Waals surface area (Å²) in [4.78, 5) is 25.1. The largest absolute Gasteiger partial charge is 0.463 e. The van der Waals surface area contributed by atoms with E-state index in [-0.39, 0.29) is 18.7 Å². The molecule has 190 valence electrons. The van der Waals surface area contributed by atoms with Crippen molar-refractivity contribution in [3.63, 3.8) is 0 Å². The molecule has 0 aliphatic rings. The van der Waals surface area contributed by atoms with E-state index in [1.165, 1.54) is 75.5 Å². The molecule has 0 rings (SSSR count). The van der Waals surface area contributed by atoms with Crippen molar-refractivity contribution >= 4 is 12.1 Å². The van der Waals surface area contributed by atoms with Crippen molar-refractivity contribution in [1.82, 2.24) is 4.90 Å². The molecule has 0 atom stereocenters. The van der Waals surface area contributed by atoms with Gasteiger partial charge < -0.3 is 19.1 Å². The maximum atomic E-state index is 11.8. The van der Waals surface area contributed by atoms with Gasteiger partial charge in [0.2, 0.25) is 0 Å². The first kappa shape index (κ1) is 30.7. The van der Waals surface area contributed by atoms with E-state index in [1.54, 1.807) is 7.05 Å². The summed E-state index contributed by atoms with van der Waals surface area (Å²) in [7, 11) is 1.67. The van der Waals surface area contributed by atoms with Gasteiger partial charge >= 0.3 is 12.1 Å². The fourth-order valence-electron chi connectivity index (χ4n) is 3.31. The molecule has 0 aromatic heterocycles. The molecule has 0 saturated carbocycles. The fourth-order valence-corrected chi connectivity index (χ4v) is 3.31. The van der Waals surface area contributed by atoms with Crippen LogP contribution < -0.4 is 0 Å². The van der Waals surface area contributed by atoms with Gasteiger partial charge in [0.05, 0.1) is 13.2 Å². The molecule has 0 N–H and O–H groups in total. The van der Waals surface area contributed by atoms with Gasteiger partial charge in [-0.3, -0.25) is 4.79 Å². The molecule has 0 saturated heterocycles. The lowest BCUT2D eigenvalue weighted by Crippen LogP contribution is -2.36. The first-order valence-corrected chi connectivity index (χ1v) is 12.9. The Kier molecular flexibility index (Phi) is 19.5. The number of amides is 1. The van der Waals surface area contributed by atoms with Crippen LogP contribution in [0.3, 0.4) is 0 Å². The average Bonchev–Trinajstić information content (AvgIpc) is 2.72. The van der Waals surface area contributed by atoms with Crippen molar-refractivity contribution in [2.75, 3.05) is 33.4 Å². The molecule has 0 heterocycles. The third-order valence-corrected chi connectivity index (χ3v) is 5.25. The molecular formula is C26H51NO5. The minimum Gasteiger partial charge on any atom is -0.463 e. The summed E-state index contributed by atoms with van der Waals surface area (Å²) in [5.74, 6) is -0.150. The molecule has 0 aromatic carbocycles. The van der Waals surface area contributed by atoms with Crippen LogP contribution in [0.15, 0.2) is 0 Å². The van der Waals surface area contributed by atoms with Crippen molar-refractivity contribution in [3.8, 4) is 0 Å². The summed E-state index contributed by atoms with van der Waals surface area (Å²) in [5, 5.41) is 0. The number of esters is 1. The lowest BCUT2D eigenvalue weighted by Gasteiger charge is -2.24. The highest BCUT2D eigenvalue weighted by molar-refractivity contribution is 5.69. The number of unbranched alkanes of at least 4 members (excludes halogenated alkanes) is 12. The summed E-state index contributed by atoms with van der Waals surface area (Å²) in [6, 6.07) is 0. The number of hydrogen-bond donors (Lipinski definition) is 0. The number of carbonyl (C=O) groups excluding carboxylic acids is 2. The smallest absolute Gasteiger partial charge is 0.410 e. The molecule has 1 amide bonds. The lowest BCUT2D eigenvalue weighted by molar-refractivity contribution is -0.145. The molecule has 32 heavy (non-hydrogen) atoms. The van der Waals surface area contributed by atoms with Gasteiger partial charge in [0.15, 0.2) is 0 Å². The van der Waals surface area contributed by atoms with Gasteiger partial charge in [-0.05, 0) is 27.2 Å². The van der Waals surface area contributed by atoms with Crippen molar-refractivity contribution in [1.29, 1.82) is 0 Å². The van der Waals surface area contributed by atoms with Crippen LogP contribution in [0.4, 0.5) is 4.79 Å². The Morgan fingerprint density at radius 3 is 1.72 bits per heavy atom. The van der Waals surface area contributed by atoms with Gasteiger partial charge in [-0.2, -0.15) is 0 Å². The maximum absolute atomic E-state index is 11.8. The van der Waals surface area contributed by atoms with Crippen LogP contribution in [0.1, 0.15) is 118 Å². The van der Waals surface area contributed by atoms with E-state index in [2.05, 4.69) is 6.92 Å². The number of likely N-dealkylation sites (N-methyl/N-ethyl adjacent to an activating group) is 1. The third-order valence-electron chi connectivity index (χ3n) is 5.25. The Balaban J connectivity index is 3.38. The van der Waals surface area contributed by atoms with E-state index in [0.717, 1.165) is 12.8 Å². The van der Waals surface area contributed by atoms with Crippen LogP contribution in [0.5, 0.6) is 0 Å². The first-order valence-electron chi connectivity index (χ1n) is 12.9. The Hall–Kier alpha value is -1.30. The van der Waals surface area contributed by atoms with Gasteiger partial charge in [-0.25, -0.2) is 4.79 Å². The van der Waals surface area contributed by atoms with Gasteiger partial charge in [0.25, 0.3) is 0 Å². The van der Waals surface area contributed by atoms with E-state index in [0.29, 0.717) is 26.2 Å². The predicted octanol–water partition coefficient (Wildman–Crippen LogP) is 6.89. The van der Waals surface area contributed by atoms with E-state index in [9.17, 15) is 9.59 Å². The first-order chi connectivity index (χ1) is 15.3. The molecule has 6 heteroatoms. The van der Waals surface area contributed by atoms with Crippen molar-refractivity contribution in [2.45, 2.75) is 123 Å². The van der Waals surface area contributed by atoms with E-state index in [4.69, 9.17) is 14.2 Å². The summed E-state index contributed by atoms with van der Waals surface area (Å²) in [6.45, 7) is 9.18. The van der Waals surface area contributed by atoms with Crippen molar-refractivity contribution in [3.05, 3.63) is 0 Å². The van der Waals surface area contributed by atoms with Crippen LogP contribution in [0, 0.1) is 0 Å². The number of hydrogen-bond acceptors (Lipinski definition) is 5. The number of nitrogens with zero attached hydrogens (tertiary/aromatic N) is 1. The minimum absolute atomic E-state index is 0.150. The van der Waals surface area contributed by atoms with Gasteiger partial charge in [-0.15, -0.1) is 0 Å². The van der Waals surface area contributed by atoms with Gasteiger partial charge in [-0.1, -0.05) is 84.0 Å². The fraction of sp³-hybridized carbons (Fsp3) is 0.923. The third kappa shape index (κ3) is 21.9. The average molecular weight is 458 g/mol. The second kappa shape index (κ2) is 20.3. The molecule has 6 nitrogen and oxygen atoms in total. The second-order valence-electron chi connectivity index (χ2n) is 9.73. The van der Waals surface area contributed by atoms with Gasteiger partial charge in [0.1, 0.15) is 12.2 Å². The normalized spacial score (nSPS) is 11.4. The number of rotatable bonds is 20. The molecule has 0 bridgehead atoms. The Labute approximate surface area is 197 Å². The zero-order valence-corrected chi connectivity index (χ0v) is 21.7. The SMILES string of the molecule is CCCCCCCCCCCCCCCC(=O)OCCOCCN(C)C(=O)OC(C)(C)C. The Morgan fingerprint density at radius 2 is 1.22 bits per heavy atom. The van der Waals surface area contributed by atoms with Crippen LogP contribution in [-0.4, -0.2) is 56.0 Å². The van der Waals surface area contributed by atoms with Crippen LogP contribution in [0.25, 0.3) is 0 Å². The molecule has 0 aliphatic carbocycles. The summed E-state index contributed by atoms with van der Waals surface area (Å²) in [6.07, 6.45) is 16.9. The topological polar surface area (TPSA) is 65.1 Å². The number of ether oxygens (including phenoxy) is 3. The molecule has 0 aliphatic heterocycles. The standard InChI is InChI=1S/C26H51NO5/c1-6-7-8-9-10-11-12-13-14-15-16-17-18-19-24(28)31-23-22-30-21-20-27(5)25(29)32-26(2,3)4/h6-23H2,1-5H3. The highest BCUT2D eigenvalue weighted by Gasteiger charge is 2.19. The van der Waals surface area contributed by atoms with Crippen molar-refractivity contribution in [2.24, 2.45) is 0 Å². The Morgan fingerprint density at radius 1 is 0.719 bits per heavy atom. The molecule has 0 aromatic rings. The van der Waals surface area contributed by atoms with Crippen LogP contribution in [-0.2, 0) is 19.0 Å². The van der Waals surface area contributed by atoms with E-state index in [1.807, 2.05) is 20.8 Å².